The summed E-state index contributed by atoms with van der Waals surface area (Å²) in [6.45, 7) is 1.69. The summed E-state index contributed by atoms with van der Waals surface area (Å²) in [5, 5.41) is 2.87. The zero-order valence-electron chi connectivity index (χ0n) is 12.4. The Morgan fingerprint density at radius 1 is 1.33 bits per heavy atom. The maximum Gasteiger partial charge on any atom is 0.260 e. The van der Waals surface area contributed by atoms with Crippen molar-refractivity contribution in [3.63, 3.8) is 0 Å². The normalized spacial score (nSPS) is 16.1. The van der Waals surface area contributed by atoms with E-state index in [4.69, 9.17) is 4.74 Å². The molecule has 0 spiro atoms. The van der Waals surface area contributed by atoms with E-state index in [0.29, 0.717) is 17.5 Å². The van der Waals surface area contributed by atoms with E-state index in [9.17, 15) is 13.2 Å². The molecule has 0 heterocycles. The van der Waals surface area contributed by atoms with Crippen molar-refractivity contribution >= 4 is 21.6 Å². The molecule has 0 bridgehead atoms. The maximum atomic E-state index is 11.8. The Morgan fingerprint density at radius 2 is 1.90 bits per heavy atom. The zero-order valence-corrected chi connectivity index (χ0v) is 13.2. The molecule has 1 fully saturated rings. The van der Waals surface area contributed by atoms with Crippen molar-refractivity contribution in [2.75, 3.05) is 17.6 Å². The number of hydrogen-bond donors (Lipinski definition) is 1. The van der Waals surface area contributed by atoms with Gasteiger partial charge in [0.1, 0.15) is 5.75 Å². The lowest BCUT2D eigenvalue weighted by Crippen LogP contribution is -2.37. The number of rotatable bonds is 6. The van der Waals surface area contributed by atoms with Crippen LogP contribution in [0.2, 0.25) is 0 Å². The van der Waals surface area contributed by atoms with Gasteiger partial charge in [0.2, 0.25) is 10.0 Å². The maximum absolute atomic E-state index is 11.8. The molecule has 0 saturated heterocycles. The minimum Gasteiger partial charge on any atom is -0.481 e. The standard InChI is InChI=1S/C14H20N2O4S/c1-10(14(17)15-11-4-5-11)20-13-8-6-12(7-9-13)16(2)21(3,18)19/h6-11H,4-5H2,1-3H3,(H,15,17). The van der Waals surface area contributed by atoms with Crippen LogP contribution >= 0.6 is 0 Å². The van der Waals surface area contributed by atoms with Gasteiger partial charge in [-0.2, -0.15) is 0 Å². The fourth-order valence-electron chi connectivity index (χ4n) is 1.73. The Balaban J connectivity index is 1.97. The highest BCUT2D eigenvalue weighted by atomic mass is 32.2. The van der Waals surface area contributed by atoms with Gasteiger partial charge in [-0.05, 0) is 44.0 Å². The van der Waals surface area contributed by atoms with Crippen LogP contribution in [0.25, 0.3) is 0 Å². The first kappa shape index (κ1) is 15.6. The predicted molar refractivity (Wildman–Crippen MR) is 80.9 cm³/mol. The van der Waals surface area contributed by atoms with E-state index in [-0.39, 0.29) is 5.91 Å². The molecule has 6 nitrogen and oxygen atoms in total. The summed E-state index contributed by atoms with van der Waals surface area (Å²) in [5.74, 6) is 0.397. The lowest BCUT2D eigenvalue weighted by molar-refractivity contribution is -0.127. The molecular formula is C14H20N2O4S. The average Bonchev–Trinajstić information content (AvgIpc) is 3.21. The molecule has 0 aliphatic heterocycles. The molecular weight excluding hydrogens is 292 g/mol. The van der Waals surface area contributed by atoms with Crippen molar-refractivity contribution < 1.29 is 17.9 Å². The fourth-order valence-corrected chi connectivity index (χ4v) is 2.23. The highest BCUT2D eigenvalue weighted by molar-refractivity contribution is 7.92. The summed E-state index contributed by atoms with van der Waals surface area (Å²) < 4.78 is 29.6. The second-order valence-electron chi connectivity index (χ2n) is 5.27. The van der Waals surface area contributed by atoms with Crippen molar-refractivity contribution in [1.29, 1.82) is 0 Å². The van der Waals surface area contributed by atoms with Crippen molar-refractivity contribution in [1.82, 2.24) is 5.32 Å². The molecule has 1 saturated carbocycles. The third kappa shape index (κ3) is 4.35. The molecule has 1 aromatic carbocycles. The van der Waals surface area contributed by atoms with Gasteiger partial charge in [0.05, 0.1) is 11.9 Å². The first-order chi connectivity index (χ1) is 9.77. The fraction of sp³-hybridized carbons (Fsp3) is 0.500. The van der Waals surface area contributed by atoms with Gasteiger partial charge in [0, 0.05) is 13.1 Å². The van der Waals surface area contributed by atoms with E-state index in [1.54, 1.807) is 31.2 Å². The topological polar surface area (TPSA) is 75.7 Å². The minimum atomic E-state index is -3.28. The molecule has 116 valence electrons. The Hall–Kier alpha value is -1.76. The number of benzene rings is 1. The van der Waals surface area contributed by atoms with Crippen LogP contribution in [-0.4, -0.2) is 39.8 Å². The molecule has 7 heteroatoms. The molecule has 1 aliphatic rings. The lowest BCUT2D eigenvalue weighted by atomic mass is 10.3. The molecule has 1 aromatic rings. The monoisotopic (exact) mass is 312 g/mol. The van der Waals surface area contributed by atoms with Crippen LogP contribution in [-0.2, 0) is 14.8 Å². The van der Waals surface area contributed by atoms with Gasteiger partial charge in [-0.1, -0.05) is 0 Å². The van der Waals surface area contributed by atoms with Gasteiger partial charge in [-0.25, -0.2) is 8.42 Å². The summed E-state index contributed by atoms with van der Waals surface area (Å²) in [6, 6.07) is 6.88. The Kier molecular flexibility index (Phi) is 4.41. The van der Waals surface area contributed by atoms with Gasteiger partial charge >= 0.3 is 0 Å². The van der Waals surface area contributed by atoms with E-state index in [2.05, 4.69) is 5.32 Å². The van der Waals surface area contributed by atoms with Crippen molar-refractivity contribution in [3.8, 4) is 5.75 Å². The Morgan fingerprint density at radius 3 is 2.38 bits per heavy atom. The van der Waals surface area contributed by atoms with Gasteiger partial charge < -0.3 is 10.1 Å². The summed E-state index contributed by atoms with van der Waals surface area (Å²) in [7, 11) is -1.80. The van der Waals surface area contributed by atoms with Crippen LogP contribution in [0.1, 0.15) is 19.8 Å². The van der Waals surface area contributed by atoms with Gasteiger partial charge in [-0.15, -0.1) is 0 Å². The molecule has 1 aliphatic carbocycles. The Bertz CT molecular complexity index is 608. The summed E-state index contributed by atoms with van der Waals surface area (Å²) in [5.41, 5.74) is 0.542. The number of nitrogens with zero attached hydrogens (tertiary/aromatic N) is 1. The van der Waals surface area contributed by atoms with Gasteiger partial charge in [0.25, 0.3) is 5.91 Å². The first-order valence-corrected chi connectivity index (χ1v) is 8.63. The molecule has 21 heavy (non-hydrogen) atoms. The second-order valence-corrected chi connectivity index (χ2v) is 7.28. The number of nitrogens with one attached hydrogen (secondary N) is 1. The predicted octanol–water partition coefficient (Wildman–Crippen LogP) is 1.13. The quantitative estimate of drug-likeness (QED) is 0.854. The highest BCUT2D eigenvalue weighted by Crippen LogP contribution is 2.22. The van der Waals surface area contributed by atoms with Crippen molar-refractivity contribution in [2.45, 2.75) is 31.9 Å². The van der Waals surface area contributed by atoms with Gasteiger partial charge in [0.15, 0.2) is 6.10 Å². The van der Waals surface area contributed by atoms with Crippen LogP contribution in [0.5, 0.6) is 5.75 Å². The molecule has 0 aromatic heterocycles. The molecule has 1 atom stereocenters. The summed E-state index contributed by atoms with van der Waals surface area (Å²) in [4.78, 5) is 11.8. The molecule has 1 unspecified atom stereocenters. The summed E-state index contributed by atoms with van der Waals surface area (Å²) in [6.07, 6.45) is 2.63. The number of amides is 1. The number of sulfonamides is 1. The van der Waals surface area contributed by atoms with Crippen LogP contribution in [0.15, 0.2) is 24.3 Å². The van der Waals surface area contributed by atoms with E-state index in [0.717, 1.165) is 19.1 Å². The highest BCUT2D eigenvalue weighted by Gasteiger charge is 2.26. The molecule has 1 amide bonds. The number of carbonyl (C=O) groups is 1. The van der Waals surface area contributed by atoms with Crippen LogP contribution < -0.4 is 14.4 Å². The first-order valence-electron chi connectivity index (χ1n) is 6.78. The summed E-state index contributed by atoms with van der Waals surface area (Å²) >= 11 is 0. The van der Waals surface area contributed by atoms with Crippen LogP contribution in [0, 0.1) is 0 Å². The van der Waals surface area contributed by atoms with E-state index < -0.39 is 16.1 Å². The van der Waals surface area contributed by atoms with E-state index in [1.807, 2.05) is 0 Å². The SMILES string of the molecule is CC(Oc1ccc(N(C)S(C)(=O)=O)cc1)C(=O)NC1CC1. The lowest BCUT2D eigenvalue weighted by Gasteiger charge is -2.18. The number of anilines is 1. The van der Waals surface area contributed by atoms with Crippen LogP contribution in [0.4, 0.5) is 5.69 Å². The van der Waals surface area contributed by atoms with Gasteiger partial charge in [-0.3, -0.25) is 9.10 Å². The number of ether oxygens (including phenoxy) is 1. The number of carbonyl (C=O) groups excluding carboxylic acids is 1. The third-order valence-corrected chi connectivity index (χ3v) is 4.51. The molecule has 2 rings (SSSR count). The molecule has 0 radical (unpaired) electrons. The second kappa shape index (κ2) is 5.93. The zero-order chi connectivity index (χ0) is 15.6. The Labute approximate surface area is 125 Å². The third-order valence-electron chi connectivity index (χ3n) is 3.30. The minimum absolute atomic E-state index is 0.130. The molecule has 1 N–H and O–H groups in total. The van der Waals surface area contributed by atoms with E-state index in [1.165, 1.54) is 11.4 Å². The van der Waals surface area contributed by atoms with Crippen molar-refractivity contribution in [2.24, 2.45) is 0 Å². The van der Waals surface area contributed by atoms with E-state index >= 15 is 0 Å². The number of hydrogen-bond acceptors (Lipinski definition) is 4. The average molecular weight is 312 g/mol. The largest absolute Gasteiger partial charge is 0.481 e. The van der Waals surface area contributed by atoms with Crippen molar-refractivity contribution in [3.05, 3.63) is 24.3 Å². The van der Waals surface area contributed by atoms with Crippen LogP contribution in [0.3, 0.4) is 0 Å². The smallest absolute Gasteiger partial charge is 0.260 e.